The maximum atomic E-state index is 10.2. The zero-order chi connectivity index (χ0) is 11.4. The Balaban J connectivity index is 2.87. The minimum atomic E-state index is 0.116. The first-order valence-corrected chi connectivity index (χ1v) is 6.50. The molecule has 0 bridgehead atoms. The number of unbranched alkanes of at least 4 members (excludes halogenated alkanes) is 8. The van der Waals surface area contributed by atoms with Gasteiger partial charge in [0.05, 0.1) is 6.61 Å². The van der Waals surface area contributed by atoms with Crippen molar-refractivity contribution in [2.75, 3.05) is 27.2 Å². The minimum Gasteiger partial charge on any atom is -0.309 e. The van der Waals surface area contributed by atoms with Crippen LogP contribution in [-0.4, -0.2) is 32.1 Å². The Labute approximate surface area is 95.7 Å². The Morgan fingerprint density at radius 3 is 1.47 bits per heavy atom. The Kier molecular flexibility index (Phi) is 11.9. The average Bonchev–Trinajstić information content (AvgIpc) is 2.20. The van der Waals surface area contributed by atoms with Crippen molar-refractivity contribution in [1.29, 1.82) is 0 Å². The molecular formula is C13H28NO. The van der Waals surface area contributed by atoms with Crippen LogP contribution >= 0.6 is 0 Å². The third kappa shape index (κ3) is 13.9. The van der Waals surface area contributed by atoms with Crippen molar-refractivity contribution in [3.05, 3.63) is 0 Å². The summed E-state index contributed by atoms with van der Waals surface area (Å²) in [5, 5.41) is 10.2. The summed E-state index contributed by atoms with van der Waals surface area (Å²) in [7, 11) is 4.27. The van der Waals surface area contributed by atoms with E-state index in [1.165, 1.54) is 51.5 Å². The minimum absolute atomic E-state index is 0.116. The molecule has 0 fully saturated rings. The lowest BCUT2D eigenvalue weighted by Gasteiger charge is -2.08. The Morgan fingerprint density at radius 2 is 1.07 bits per heavy atom. The second-order valence-electron chi connectivity index (χ2n) is 4.69. The van der Waals surface area contributed by atoms with Gasteiger partial charge in [0.2, 0.25) is 0 Å². The molecule has 0 aliphatic heterocycles. The molecule has 0 unspecified atom stereocenters. The molecule has 0 aromatic rings. The van der Waals surface area contributed by atoms with E-state index in [-0.39, 0.29) is 6.61 Å². The number of hydrogen-bond acceptors (Lipinski definition) is 1. The fourth-order valence-electron chi connectivity index (χ4n) is 1.77. The highest BCUT2D eigenvalue weighted by atomic mass is 16.2. The predicted molar refractivity (Wildman–Crippen MR) is 65.7 cm³/mol. The SMILES string of the molecule is CN(C)CCCCCCCCCCC[O]. The molecule has 91 valence electrons. The summed E-state index contributed by atoms with van der Waals surface area (Å²) < 4.78 is 0. The molecule has 0 spiro atoms. The van der Waals surface area contributed by atoms with Crippen LogP contribution in [0.4, 0.5) is 0 Å². The van der Waals surface area contributed by atoms with Crippen molar-refractivity contribution in [2.24, 2.45) is 0 Å². The highest BCUT2D eigenvalue weighted by Crippen LogP contribution is 2.09. The van der Waals surface area contributed by atoms with Crippen molar-refractivity contribution in [1.82, 2.24) is 4.90 Å². The van der Waals surface area contributed by atoms with Crippen LogP contribution in [0, 0.1) is 0 Å². The van der Waals surface area contributed by atoms with Crippen molar-refractivity contribution < 1.29 is 5.11 Å². The van der Waals surface area contributed by atoms with E-state index in [4.69, 9.17) is 0 Å². The monoisotopic (exact) mass is 214 g/mol. The van der Waals surface area contributed by atoms with E-state index < -0.39 is 0 Å². The van der Waals surface area contributed by atoms with Crippen LogP contribution in [0.3, 0.4) is 0 Å². The topological polar surface area (TPSA) is 23.1 Å². The zero-order valence-electron chi connectivity index (χ0n) is 10.6. The molecule has 0 aliphatic rings. The smallest absolute Gasteiger partial charge is 0.0822 e. The van der Waals surface area contributed by atoms with Gasteiger partial charge in [-0.25, -0.2) is 5.11 Å². The first-order chi connectivity index (χ1) is 7.27. The molecule has 0 heterocycles. The van der Waals surface area contributed by atoms with Crippen LogP contribution in [0.1, 0.15) is 57.8 Å². The quantitative estimate of drug-likeness (QED) is 0.483. The van der Waals surface area contributed by atoms with Crippen LogP contribution < -0.4 is 0 Å². The lowest BCUT2D eigenvalue weighted by molar-refractivity contribution is 0.186. The summed E-state index contributed by atoms with van der Waals surface area (Å²) in [6.07, 6.45) is 11.4. The molecule has 0 rings (SSSR count). The summed E-state index contributed by atoms with van der Waals surface area (Å²) in [5.74, 6) is 0. The van der Waals surface area contributed by atoms with Crippen LogP contribution in [-0.2, 0) is 5.11 Å². The van der Waals surface area contributed by atoms with Gasteiger partial charge in [-0.05, 0) is 33.5 Å². The van der Waals surface area contributed by atoms with Crippen molar-refractivity contribution in [3.63, 3.8) is 0 Å². The molecular weight excluding hydrogens is 186 g/mol. The molecule has 2 heteroatoms. The Bertz CT molecular complexity index is 115. The van der Waals surface area contributed by atoms with Gasteiger partial charge in [0.1, 0.15) is 0 Å². The van der Waals surface area contributed by atoms with Gasteiger partial charge in [-0.1, -0.05) is 44.9 Å². The van der Waals surface area contributed by atoms with Gasteiger partial charge in [0.15, 0.2) is 0 Å². The Morgan fingerprint density at radius 1 is 0.667 bits per heavy atom. The van der Waals surface area contributed by atoms with E-state index in [2.05, 4.69) is 19.0 Å². The highest BCUT2D eigenvalue weighted by molar-refractivity contribution is 4.49. The third-order valence-electron chi connectivity index (χ3n) is 2.75. The van der Waals surface area contributed by atoms with Gasteiger partial charge in [-0.2, -0.15) is 0 Å². The highest BCUT2D eigenvalue weighted by Gasteiger charge is 1.93. The molecule has 0 aromatic carbocycles. The van der Waals surface area contributed by atoms with Crippen LogP contribution in [0.15, 0.2) is 0 Å². The number of nitrogens with zero attached hydrogens (tertiary/aromatic N) is 1. The van der Waals surface area contributed by atoms with Gasteiger partial charge < -0.3 is 4.90 Å². The first kappa shape index (κ1) is 14.9. The largest absolute Gasteiger partial charge is 0.309 e. The maximum absolute atomic E-state index is 10.2. The van der Waals surface area contributed by atoms with Crippen molar-refractivity contribution in [2.45, 2.75) is 57.8 Å². The van der Waals surface area contributed by atoms with E-state index in [1.54, 1.807) is 0 Å². The molecule has 0 aromatic heterocycles. The summed E-state index contributed by atoms with van der Waals surface area (Å²) in [5.41, 5.74) is 0. The molecule has 2 nitrogen and oxygen atoms in total. The standard InChI is InChI=1S/C13H28NO/c1-14(2)12-10-8-6-4-3-5-7-9-11-13-15/h3-13H2,1-2H3. The summed E-state index contributed by atoms with van der Waals surface area (Å²) >= 11 is 0. The molecule has 15 heavy (non-hydrogen) atoms. The van der Waals surface area contributed by atoms with E-state index in [1.807, 2.05) is 0 Å². The lowest BCUT2D eigenvalue weighted by Crippen LogP contribution is -2.12. The molecule has 0 aliphatic carbocycles. The maximum Gasteiger partial charge on any atom is 0.0822 e. The normalized spacial score (nSPS) is 11.2. The molecule has 0 atom stereocenters. The summed E-state index contributed by atoms with van der Waals surface area (Å²) in [4.78, 5) is 2.25. The lowest BCUT2D eigenvalue weighted by atomic mass is 10.1. The predicted octanol–water partition coefficient (Wildman–Crippen LogP) is 3.49. The van der Waals surface area contributed by atoms with Crippen LogP contribution in [0.25, 0.3) is 0 Å². The molecule has 0 saturated carbocycles. The fourth-order valence-corrected chi connectivity index (χ4v) is 1.77. The molecule has 0 N–H and O–H groups in total. The molecule has 0 saturated heterocycles. The second kappa shape index (κ2) is 12.0. The fraction of sp³-hybridized carbons (Fsp3) is 1.00. The van der Waals surface area contributed by atoms with Crippen molar-refractivity contribution in [3.8, 4) is 0 Å². The molecule has 1 radical (unpaired) electrons. The number of hydrogen-bond donors (Lipinski definition) is 0. The van der Waals surface area contributed by atoms with Gasteiger partial charge in [-0.3, -0.25) is 0 Å². The average molecular weight is 214 g/mol. The zero-order valence-corrected chi connectivity index (χ0v) is 10.6. The van der Waals surface area contributed by atoms with Crippen LogP contribution in [0.5, 0.6) is 0 Å². The van der Waals surface area contributed by atoms with E-state index in [9.17, 15) is 5.11 Å². The van der Waals surface area contributed by atoms with Gasteiger partial charge >= 0.3 is 0 Å². The van der Waals surface area contributed by atoms with Gasteiger partial charge in [-0.15, -0.1) is 0 Å². The van der Waals surface area contributed by atoms with Gasteiger partial charge in [0.25, 0.3) is 0 Å². The van der Waals surface area contributed by atoms with E-state index >= 15 is 0 Å². The summed E-state index contributed by atoms with van der Waals surface area (Å²) in [6, 6.07) is 0. The first-order valence-electron chi connectivity index (χ1n) is 6.50. The molecule has 0 amide bonds. The van der Waals surface area contributed by atoms with E-state index in [0.717, 1.165) is 12.8 Å². The van der Waals surface area contributed by atoms with E-state index in [0.29, 0.717) is 0 Å². The summed E-state index contributed by atoms with van der Waals surface area (Å²) in [6.45, 7) is 1.34. The Hall–Kier alpha value is -0.0800. The van der Waals surface area contributed by atoms with Gasteiger partial charge in [0, 0.05) is 0 Å². The number of rotatable bonds is 11. The van der Waals surface area contributed by atoms with Crippen LogP contribution in [0.2, 0.25) is 0 Å². The third-order valence-corrected chi connectivity index (χ3v) is 2.75. The second-order valence-corrected chi connectivity index (χ2v) is 4.69. The van der Waals surface area contributed by atoms with Crippen molar-refractivity contribution >= 4 is 0 Å².